The van der Waals surface area contributed by atoms with Gasteiger partial charge in [-0.3, -0.25) is 9.59 Å². The second-order valence-corrected chi connectivity index (χ2v) is 25.5. The zero-order chi connectivity index (χ0) is 68.0. The molecule has 0 atom stereocenters. The predicted octanol–water partition coefficient (Wildman–Crippen LogP) is 21.6. The van der Waals surface area contributed by atoms with Crippen molar-refractivity contribution in [1.82, 2.24) is 10.6 Å². The van der Waals surface area contributed by atoms with Gasteiger partial charge in [-0.25, -0.2) is 0 Å². The molecule has 7 aromatic rings. The molecule has 0 aromatic heterocycles. The fraction of sp³-hybridized carbons (Fsp3) is 0.452. The molecule has 8 heteroatoms. The van der Waals surface area contributed by atoms with Gasteiger partial charge in [-0.2, -0.15) is 0 Å². The highest BCUT2D eigenvalue weighted by atomic mass is 16.5. The van der Waals surface area contributed by atoms with Gasteiger partial charge in [0.25, 0.3) is 0 Å². The minimum absolute atomic E-state index is 0.0962. The van der Waals surface area contributed by atoms with Crippen molar-refractivity contribution in [1.29, 1.82) is 0 Å². The molecular formula is C84H122N2O6. The van der Waals surface area contributed by atoms with Gasteiger partial charge in [0.15, 0.2) is 0 Å². The Morgan fingerprint density at radius 1 is 0.315 bits per heavy atom. The molecule has 0 saturated heterocycles. The van der Waals surface area contributed by atoms with Crippen molar-refractivity contribution in [3.8, 4) is 23.0 Å². The van der Waals surface area contributed by atoms with E-state index in [0.717, 1.165) is 97.7 Å². The maximum absolute atomic E-state index is 10.9. The van der Waals surface area contributed by atoms with Gasteiger partial charge >= 0.3 is 0 Å². The SMILES string of the molecule is CC(C)Cc1ccc(OC/C=C\COc2ccc(CC(C)C)cc2)cc1.CC(C)Cc1ccc(OCCCCOc2ccc(CC(C)C)cc2)cc1.CCC(=O)NCc1ccccc1.CCC(=O)NCc1ccccc1.CCC(C)C.CCC(C)C.c1ccccc1. The first-order chi connectivity index (χ1) is 44.2. The van der Waals surface area contributed by atoms with Crippen LogP contribution in [-0.4, -0.2) is 38.2 Å². The molecule has 92 heavy (non-hydrogen) atoms. The number of amides is 2. The zero-order valence-corrected chi connectivity index (χ0v) is 59.9. The summed E-state index contributed by atoms with van der Waals surface area (Å²) in [5.41, 5.74) is 7.74. The van der Waals surface area contributed by atoms with Crippen LogP contribution in [0.1, 0.15) is 183 Å². The minimum Gasteiger partial charge on any atom is -0.494 e. The van der Waals surface area contributed by atoms with Crippen molar-refractivity contribution in [3.63, 3.8) is 0 Å². The Hall–Kier alpha value is -7.58. The van der Waals surface area contributed by atoms with Gasteiger partial charge in [0.05, 0.1) is 13.2 Å². The summed E-state index contributed by atoms with van der Waals surface area (Å²) in [5, 5.41) is 5.62. The standard InChI is InChI=1S/C24H34O2.C24H32O2.2C10H13NO.C6H6.2C5H12/c2*1-19(2)17-21-7-11-23(12-8-21)25-15-5-6-16-26-24-13-9-22(10-14-24)18-20(3)4;2*1-2-10(12)11-8-9-6-4-3-5-7-9;1-2-4-6-5-3-1;2*1-4-5(2)3/h7-14,19-20H,5-6,15-18H2,1-4H3;5-14,19-20H,15-18H2,1-4H3;2*3-7H,2,8H2,1H3,(H,11,12);1-6H;2*5H,4H2,1-3H3/b;6-5-;;;;;. The van der Waals surface area contributed by atoms with Crippen LogP contribution in [0.15, 0.2) is 206 Å². The lowest BCUT2D eigenvalue weighted by Gasteiger charge is -2.10. The highest BCUT2D eigenvalue weighted by Crippen LogP contribution is 2.19. The average Bonchev–Trinajstić information content (AvgIpc) is 3.18. The molecule has 0 heterocycles. The van der Waals surface area contributed by atoms with E-state index in [1.807, 2.05) is 147 Å². The maximum atomic E-state index is 10.9. The van der Waals surface area contributed by atoms with Crippen molar-refractivity contribution >= 4 is 11.8 Å². The van der Waals surface area contributed by atoms with Crippen LogP contribution in [0.25, 0.3) is 0 Å². The van der Waals surface area contributed by atoms with E-state index in [1.165, 1.54) is 35.1 Å². The van der Waals surface area contributed by atoms with Gasteiger partial charge in [-0.15, -0.1) is 0 Å². The van der Waals surface area contributed by atoms with Gasteiger partial charge in [0.2, 0.25) is 11.8 Å². The normalized spacial score (nSPS) is 10.4. The molecule has 0 aliphatic heterocycles. The Morgan fingerprint density at radius 3 is 0.761 bits per heavy atom. The topological polar surface area (TPSA) is 95.1 Å². The average molecular weight is 1260 g/mol. The first-order valence-corrected chi connectivity index (χ1v) is 34.4. The molecule has 8 nitrogen and oxygen atoms in total. The third-order valence-electron chi connectivity index (χ3n) is 13.8. The molecule has 7 aromatic carbocycles. The Balaban J connectivity index is 0.000000589. The number of unbranched alkanes of at least 4 members (excludes halogenated alkanes) is 1. The third kappa shape index (κ3) is 48.2. The Labute approximate surface area is 560 Å². The van der Waals surface area contributed by atoms with Crippen LogP contribution in [0.4, 0.5) is 0 Å². The molecule has 504 valence electrons. The van der Waals surface area contributed by atoms with E-state index in [2.05, 4.69) is 180 Å². The van der Waals surface area contributed by atoms with E-state index in [1.54, 1.807) is 0 Å². The largest absolute Gasteiger partial charge is 0.494 e. The number of rotatable bonds is 29. The summed E-state index contributed by atoms with van der Waals surface area (Å²) in [4.78, 5) is 21.7. The summed E-state index contributed by atoms with van der Waals surface area (Å²) in [6, 6.07) is 65.5. The molecule has 0 unspecified atom stereocenters. The summed E-state index contributed by atoms with van der Waals surface area (Å²) < 4.78 is 23.1. The Morgan fingerprint density at radius 2 is 0.543 bits per heavy atom. The molecule has 0 spiro atoms. The van der Waals surface area contributed by atoms with Gasteiger partial charge in [-0.05, 0) is 168 Å². The lowest BCUT2D eigenvalue weighted by molar-refractivity contribution is -0.121. The number of ether oxygens (including phenoxy) is 4. The third-order valence-corrected chi connectivity index (χ3v) is 13.8. The first-order valence-electron chi connectivity index (χ1n) is 34.4. The number of hydrogen-bond acceptors (Lipinski definition) is 6. The van der Waals surface area contributed by atoms with Crippen molar-refractivity contribution in [3.05, 3.63) is 240 Å². The lowest BCUT2D eigenvalue weighted by atomic mass is 10.0. The van der Waals surface area contributed by atoms with E-state index in [0.29, 0.717) is 62.8 Å². The van der Waals surface area contributed by atoms with Gasteiger partial charge < -0.3 is 29.6 Å². The number of hydrogen-bond donors (Lipinski definition) is 2. The molecule has 0 aliphatic rings. The minimum atomic E-state index is 0.0962. The molecule has 2 amide bonds. The number of carbonyl (C=O) groups excluding carboxylic acids is 2. The fourth-order valence-electron chi connectivity index (χ4n) is 8.01. The molecule has 7 rings (SSSR count). The fourth-order valence-corrected chi connectivity index (χ4v) is 8.01. The zero-order valence-electron chi connectivity index (χ0n) is 59.9. The van der Waals surface area contributed by atoms with Crippen molar-refractivity contribution in [2.45, 2.75) is 188 Å². The second kappa shape index (κ2) is 54.0. The maximum Gasteiger partial charge on any atom is 0.219 e. The second-order valence-electron chi connectivity index (χ2n) is 25.5. The van der Waals surface area contributed by atoms with Crippen molar-refractivity contribution in [2.24, 2.45) is 35.5 Å². The summed E-state index contributed by atoms with van der Waals surface area (Å²) >= 11 is 0. The highest BCUT2D eigenvalue weighted by Gasteiger charge is 2.04. The van der Waals surface area contributed by atoms with E-state index in [9.17, 15) is 9.59 Å². The molecule has 0 aliphatic carbocycles. The van der Waals surface area contributed by atoms with Gasteiger partial charge in [0.1, 0.15) is 36.2 Å². The van der Waals surface area contributed by atoms with E-state index in [4.69, 9.17) is 18.9 Å². The summed E-state index contributed by atoms with van der Waals surface area (Å²) in [5.74, 6) is 8.42. The van der Waals surface area contributed by atoms with Crippen LogP contribution < -0.4 is 29.6 Å². The van der Waals surface area contributed by atoms with Crippen molar-refractivity contribution < 1.29 is 28.5 Å². The van der Waals surface area contributed by atoms with Crippen LogP contribution in [0.5, 0.6) is 23.0 Å². The quantitative estimate of drug-likeness (QED) is 0.0358. The summed E-state index contributed by atoms with van der Waals surface area (Å²) in [6.07, 6.45) is 14.2. The predicted molar refractivity (Wildman–Crippen MR) is 394 cm³/mol. The monoisotopic (exact) mass is 1250 g/mol. The Kier molecular flexibility index (Phi) is 48.4. The van der Waals surface area contributed by atoms with Gasteiger partial charge in [0, 0.05) is 25.9 Å². The van der Waals surface area contributed by atoms with E-state index >= 15 is 0 Å². The molecule has 0 fully saturated rings. The molecule has 0 radical (unpaired) electrons. The summed E-state index contributed by atoms with van der Waals surface area (Å²) in [7, 11) is 0. The molecule has 0 saturated carbocycles. The summed E-state index contributed by atoms with van der Waals surface area (Å²) in [6.45, 7) is 38.7. The first kappa shape index (κ1) is 82.4. The number of benzene rings is 7. The molecular weight excluding hydrogens is 1130 g/mol. The molecule has 0 bridgehead atoms. The molecule has 2 N–H and O–H groups in total. The number of nitrogens with one attached hydrogen (secondary N) is 2. The lowest BCUT2D eigenvalue weighted by Crippen LogP contribution is -2.21. The highest BCUT2D eigenvalue weighted by molar-refractivity contribution is 5.75. The van der Waals surface area contributed by atoms with Crippen LogP contribution in [0, 0.1) is 35.5 Å². The van der Waals surface area contributed by atoms with Crippen LogP contribution in [0.3, 0.4) is 0 Å². The van der Waals surface area contributed by atoms with Crippen LogP contribution in [0.2, 0.25) is 0 Å². The number of carbonyl (C=O) groups is 2. The van der Waals surface area contributed by atoms with Crippen molar-refractivity contribution in [2.75, 3.05) is 26.4 Å². The smallest absolute Gasteiger partial charge is 0.219 e. The Bertz CT molecular complexity index is 2600. The van der Waals surface area contributed by atoms with E-state index < -0.39 is 0 Å². The van der Waals surface area contributed by atoms with E-state index in [-0.39, 0.29) is 11.8 Å². The van der Waals surface area contributed by atoms with Crippen LogP contribution in [-0.2, 0) is 48.4 Å². The van der Waals surface area contributed by atoms with Crippen LogP contribution >= 0.6 is 0 Å². The van der Waals surface area contributed by atoms with Gasteiger partial charge in [-0.1, -0.05) is 269 Å².